The van der Waals surface area contributed by atoms with Gasteiger partial charge in [-0.05, 0) is 35.9 Å². The molecule has 0 saturated carbocycles. The Kier molecular flexibility index (Phi) is 7.71. The van der Waals surface area contributed by atoms with Gasteiger partial charge in [0.2, 0.25) is 0 Å². The third kappa shape index (κ3) is 5.94. The van der Waals surface area contributed by atoms with Crippen molar-refractivity contribution in [2.75, 3.05) is 38.0 Å². The molecule has 1 N–H and O–H groups in total. The molecule has 0 aliphatic heterocycles. The Labute approximate surface area is 174 Å². The second-order valence-electron chi connectivity index (χ2n) is 6.32. The lowest BCUT2D eigenvalue weighted by Gasteiger charge is -2.12. The Hall–Kier alpha value is -4.12. The molecule has 0 atom stereocenters. The van der Waals surface area contributed by atoms with E-state index >= 15 is 0 Å². The van der Waals surface area contributed by atoms with Crippen molar-refractivity contribution in [2.45, 2.75) is 0 Å². The van der Waals surface area contributed by atoms with Crippen LogP contribution in [0.25, 0.3) is 6.08 Å². The van der Waals surface area contributed by atoms with Crippen molar-refractivity contribution in [1.29, 1.82) is 5.26 Å². The van der Waals surface area contributed by atoms with Gasteiger partial charge in [-0.3, -0.25) is 4.79 Å². The molecule has 0 aromatic heterocycles. The second-order valence-corrected chi connectivity index (χ2v) is 6.32. The van der Waals surface area contributed by atoms with Crippen LogP contribution < -0.4 is 10.2 Å². The molecule has 8 heteroatoms. The molecular weight excluding hydrogens is 386 g/mol. The van der Waals surface area contributed by atoms with Crippen molar-refractivity contribution >= 4 is 35.3 Å². The molecule has 0 aliphatic carbocycles. The quantitative estimate of drug-likeness (QED) is 0.427. The van der Waals surface area contributed by atoms with E-state index in [0.717, 1.165) is 5.69 Å². The normalized spacial score (nSPS) is 10.5. The molecule has 2 rings (SSSR count). The summed E-state index contributed by atoms with van der Waals surface area (Å²) in [6.07, 6.45) is 1.38. The standard InChI is InChI=1S/C22H21N3O5/c1-25(2)17-10-8-15(9-11-17)12-16(13-23)21(27)30-14-20(26)24-19-7-5-4-6-18(19)22(28)29-3/h4-12H,14H2,1-3H3,(H,24,26)/b16-12+. The summed E-state index contributed by atoms with van der Waals surface area (Å²) < 4.78 is 9.58. The highest BCUT2D eigenvalue weighted by Gasteiger charge is 2.16. The van der Waals surface area contributed by atoms with E-state index < -0.39 is 24.5 Å². The van der Waals surface area contributed by atoms with Crippen molar-refractivity contribution in [2.24, 2.45) is 0 Å². The number of para-hydroxylation sites is 1. The molecule has 8 nitrogen and oxygen atoms in total. The van der Waals surface area contributed by atoms with E-state index in [0.29, 0.717) is 5.56 Å². The first-order chi connectivity index (χ1) is 14.3. The smallest absolute Gasteiger partial charge is 0.349 e. The van der Waals surface area contributed by atoms with Gasteiger partial charge in [-0.25, -0.2) is 9.59 Å². The number of methoxy groups -OCH3 is 1. The van der Waals surface area contributed by atoms with Crippen molar-refractivity contribution in [3.05, 3.63) is 65.2 Å². The Bertz CT molecular complexity index is 1000. The molecule has 1 amide bonds. The van der Waals surface area contributed by atoms with Gasteiger partial charge in [0.05, 0.1) is 18.4 Å². The first-order valence-corrected chi connectivity index (χ1v) is 8.89. The topological polar surface area (TPSA) is 109 Å². The van der Waals surface area contributed by atoms with Crippen molar-refractivity contribution < 1.29 is 23.9 Å². The predicted molar refractivity (Wildman–Crippen MR) is 112 cm³/mol. The summed E-state index contributed by atoms with van der Waals surface area (Å²) in [5.41, 5.74) is 1.76. The molecule has 0 bridgehead atoms. The minimum absolute atomic E-state index is 0.165. The van der Waals surface area contributed by atoms with Crippen LogP contribution in [0.4, 0.5) is 11.4 Å². The number of nitrogens with one attached hydrogen (secondary N) is 1. The number of rotatable bonds is 7. The third-order valence-electron chi connectivity index (χ3n) is 4.00. The van der Waals surface area contributed by atoms with Crippen LogP contribution in [0, 0.1) is 11.3 Å². The molecule has 0 fully saturated rings. The van der Waals surface area contributed by atoms with Crippen molar-refractivity contribution in [3.63, 3.8) is 0 Å². The van der Waals surface area contributed by atoms with E-state index in [1.807, 2.05) is 31.1 Å². The van der Waals surface area contributed by atoms with E-state index in [2.05, 4.69) is 10.1 Å². The molecule has 0 spiro atoms. The molecule has 0 saturated heterocycles. The fourth-order valence-corrected chi connectivity index (χ4v) is 2.45. The second kappa shape index (κ2) is 10.4. The number of hydrogen-bond acceptors (Lipinski definition) is 7. The van der Waals surface area contributed by atoms with Gasteiger partial charge >= 0.3 is 11.9 Å². The zero-order chi connectivity index (χ0) is 22.1. The number of nitriles is 1. The molecule has 2 aromatic rings. The minimum atomic E-state index is -0.925. The van der Waals surface area contributed by atoms with E-state index in [1.165, 1.54) is 25.3 Å². The molecule has 0 heterocycles. The van der Waals surface area contributed by atoms with E-state index in [4.69, 9.17) is 4.74 Å². The average molecular weight is 407 g/mol. The Balaban J connectivity index is 2.01. The Morgan fingerprint density at radius 3 is 2.37 bits per heavy atom. The Morgan fingerprint density at radius 1 is 1.10 bits per heavy atom. The number of anilines is 2. The van der Waals surface area contributed by atoms with E-state index in [-0.39, 0.29) is 16.8 Å². The number of ether oxygens (including phenoxy) is 2. The lowest BCUT2D eigenvalue weighted by molar-refractivity contribution is -0.142. The van der Waals surface area contributed by atoms with Crippen LogP contribution in [0.3, 0.4) is 0 Å². The minimum Gasteiger partial charge on any atom is -0.465 e. The van der Waals surface area contributed by atoms with Crippen LogP contribution in [-0.2, 0) is 19.1 Å². The van der Waals surface area contributed by atoms with Gasteiger partial charge in [0.15, 0.2) is 6.61 Å². The summed E-state index contributed by atoms with van der Waals surface area (Å²) in [7, 11) is 5.03. The summed E-state index contributed by atoms with van der Waals surface area (Å²) in [4.78, 5) is 37.9. The number of carbonyl (C=O) groups excluding carboxylic acids is 3. The summed E-state index contributed by atoms with van der Waals surface area (Å²) in [6, 6.07) is 15.3. The lowest BCUT2D eigenvalue weighted by atomic mass is 10.1. The summed E-state index contributed by atoms with van der Waals surface area (Å²) in [5.74, 6) is -2.20. The number of esters is 2. The van der Waals surface area contributed by atoms with Crippen LogP contribution >= 0.6 is 0 Å². The molecule has 2 aromatic carbocycles. The number of nitrogens with zero attached hydrogens (tertiary/aromatic N) is 2. The maximum atomic E-state index is 12.2. The zero-order valence-corrected chi connectivity index (χ0v) is 16.8. The van der Waals surface area contributed by atoms with Gasteiger partial charge < -0.3 is 19.7 Å². The highest BCUT2D eigenvalue weighted by molar-refractivity contribution is 6.03. The van der Waals surface area contributed by atoms with Gasteiger partial charge in [0, 0.05) is 19.8 Å². The average Bonchev–Trinajstić information content (AvgIpc) is 2.76. The fraction of sp³-hybridized carbons (Fsp3) is 0.182. The number of amides is 1. The Morgan fingerprint density at radius 2 is 1.77 bits per heavy atom. The van der Waals surface area contributed by atoms with Crippen molar-refractivity contribution in [1.82, 2.24) is 0 Å². The third-order valence-corrected chi connectivity index (χ3v) is 4.00. The number of carbonyl (C=O) groups is 3. The van der Waals surface area contributed by atoms with Gasteiger partial charge in [0.1, 0.15) is 11.6 Å². The lowest BCUT2D eigenvalue weighted by Crippen LogP contribution is -2.22. The van der Waals surface area contributed by atoms with Gasteiger partial charge in [-0.15, -0.1) is 0 Å². The van der Waals surface area contributed by atoms with Crippen LogP contribution in [0.15, 0.2) is 54.1 Å². The summed E-state index contributed by atoms with van der Waals surface area (Å²) in [5, 5.41) is 11.7. The van der Waals surface area contributed by atoms with Gasteiger partial charge in [-0.1, -0.05) is 24.3 Å². The first-order valence-electron chi connectivity index (χ1n) is 8.89. The van der Waals surface area contributed by atoms with E-state index in [1.54, 1.807) is 30.3 Å². The molecule has 0 radical (unpaired) electrons. The van der Waals surface area contributed by atoms with Crippen LogP contribution in [0.5, 0.6) is 0 Å². The number of benzene rings is 2. The van der Waals surface area contributed by atoms with Gasteiger partial charge in [0.25, 0.3) is 5.91 Å². The zero-order valence-electron chi connectivity index (χ0n) is 16.8. The highest BCUT2D eigenvalue weighted by atomic mass is 16.5. The summed E-state index contributed by atoms with van der Waals surface area (Å²) in [6.45, 7) is -0.618. The molecule has 30 heavy (non-hydrogen) atoms. The molecule has 0 aliphatic rings. The maximum absolute atomic E-state index is 12.2. The van der Waals surface area contributed by atoms with Crippen LogP contribution in [-0.4, -0.2) is 45.7 Å². The maximum Gasteiger partial charge on any atom is 0.349 e. The highest BCUT2D eigenvalue weighted by Crippen LogP contribution is 2.17. The van der Waals surface area contributed by atoms with Crippen LogP contribution in [0.2, 0.25) is 0 Å². The van der Waals surface area contributed by atoms with Gasteiger partial charge in [-0.2, -0.15) is 5.26 Å². The first kappa shape index (κ1) is 22.2. The largest absolute Gasteiger partial charge is 0.465 e. The monoisotopic (exact) mass is 407 g/mol. The SMILES string of the molecule is COC(=O)c1ccccc1NC(=O)COC(=O)/C(C#N)=C/c1ccc(N(C)C)cc1. The fourth-order valence-electron chi connectivity index (χ4n) is 2.45. The van der Waals surface area contributed by atoms with Crippen LogP contribution in [0.1, 0.15) is 15.9 Å². The van der Waals surface area contributed by atoms with Crippen molar-refractivity contribution in [3.8, 4) is 6.07 Å². The molecular formula is C22H21N3O5. The van der Waals surface area contributed by atoms with E-state index in [9.17, 15) is 19.6 Å². The summed E-state index contributed by atoms with van der Waals surface area (Å²) >= 11 is 0. The molecule has 154 valence electrons. The predicted octanol–water partition coefficient (Wildman–Crippen LogP) is 2.63. The number of hydrogen-bond donors (Lipinski definition) is 1. The molecule has 0 unspecified atom stereocenters.